The van der Waals surface area contributed by atoms with Gasteiger partial charge in [-0.15, -0.1) is 0 Å². The van der Waals surface area contributed by atoms with Crippen molar-refractivity contribution < 1.29 is 14.3 Å². The molecule has 33 heavy (non-hydrogen) atoms. The highest BCUT2D eigenvalue weighted by molar-refractivity contribution is 9.10. The van der Waals surface area contributed by atoms with Gasteiger partial charge in [-0.05, 0) is 55.0 Å². The van der Waals surface area contributed by atoms with Gasteiger partial charge in [-0.25, -0.2) is 0 Å². The van der Waals surface area contributed by atoms with Gasteiger partial charge in [0.1, 0.15) is 5.75 Å². The van der Waals surface area contributed by atoms with E-state index in [1.807, 2.05) is 37.3 Å². The zero-order chi connectivity index (χ0) is 23.8. The third-order valence-electron chi connectivity index (χ3n) is 4.73. The lowest BCUT2D eigenvalue weighted by Gasteiger charge is -2.20. The summed E-state index contributed by atoms with van der Waals surface area (Å²) in [6.45, 7) is 2.74. The van der Waals surface area contributed by atoms with E-state index in [-0.39, 0.29) is 11.0 Å². The van der Waals surface area contributed by atoms with Crippen molar-refractivity contribution >= 4 is 50.8 Å². The summed E-state index contributed by atoms with van der Waals surface area (Å²) in [5.74, 6) is -0.122. The summed E-state index contributed by atoms with van der Waals surface area (Å²) in [6, 6.07) is 22.0. The number of para-hydroxylation sites is 1. The van der Waals surface area contributed by atoms with Crippen LogP contribution in [0, 0.1) is 0 Å². The molecule has 3 rings (SSSR count). The van der Waals surface area contributed by atoms with E-state index in [0.29, 0.717) is 35.7 Å². The Hall–Kier alpha value is -3.23. The molecular formula is C25H24BrN3O3S. The second kappa shape index (κ2) is 11.6. The van der Waals surface area contributed by atoms with Crippen molar-refractivity contribution in [3.05, 3.63) is 94.0 Å². The van der Waals surface area contributed by atoms with Crippen molar-refractivity contribution in [3.63, 3.8) is 0 Å². The van der Waals surface area contributed by atoms with Gasteiger partial charge in [0.2, 0.25) is 0 Å². The molecule has 3 aromatic carbocycles. The van der Waals surface area contributed by atoms with Crippen molar-refractivity contribution in [2.24, 2.45) is 0 Å². The van der Waals surface area contributed by atoms with Gasteiger partial charge in [0.25, 0.3) is 11.8 Å². The molecule has 0 bridgehead atoms. The Labute approximate surface area is 207 Å². The summed E-state index contributed by atoms with van der Waals surface area (Å²) in [5.41, 5.74) is 2.33. The maximum atomic E-state index is 13.1. The second-order valence-electron chi connectivity index (χ2n) is 7.17. The summed E-state index contributed by atoms with van der Waals surface area (Å²) in [7, 11) is 1.74. The molecule has 0 aliphatic heterocycles. The van der Waals surface area contributed by atoms with E-state index in [0.717, 1.165) is 10.0 Å². The minimum atomic E-state index is -0.415. The molecule has 2 amide bonds. The summed E-state index contributed by atoms with van der Waals surface area (Å²) >= 11 is 8.72. The molecule has 170 valence electrons. The number of rotatable bonds is 7. The topological polar surface area (TPSA) is 70.7 Å². The van der Waals surface area contributed by atoms with Crippen molar-refractivity contribution in [3.8, 4) is 5.75 Å². The van der Waals surface area contributed by atoms with Gasteiger partial charge >= 0.3 is 0 Å². The lowest BCUT2D eigenvalue weighted by molar-refractivity contribution is 0.0786. The number of halogens is 1. The molecule has 8 heteroatoms. The predicted octanol–water partition coefficient (Wildman–Crippen LogP) is 5.25. The molecule has 0 aliphatic carbocycles. The number of nitrogens with one attached hydrogen (secondary N) is 2. The molecule has 0 spiro atoms. The fraction of sp³-hybridized carbons (Fsp3) is 0.160. The van der Waals surface area contributed by atoms with Crippen LogP contribution >= 0.6 is 28.1 Å². The maximum Gasteiger partial charge on any atom is 0.261 e. The molecule has 0 saturated heterocycles. The second-order valence-corrected chi connectivity index (χ2v) is 8.50. The number of ether oxygens (including phenoxy) is 1. The highest BCUT2D eigenvalue weighted by Crippen LogP contribution is 2.23. The van der Waals surface area contributed by atoms with Crippen molar-refractivity contribution in [2.45, 2.75) is 13.5 Å². The van der Waals surface area contributed by atoms with Crippen LogP contribution in [-0.2, 0) is 6.54 Å². The molecular weight excluding hydrogens is 502 g/mol. The Morgan fingerprint density at radius 1 is 1.00 bits per heavy atom. The summed E-state index contributed by atoms with van der Waals surface area (Å²) in [6.07, 6.45) is 0. The van der Waals surface area contributed by atoms with Gasteiger partial charge in [-0.1, -0.05) is 58.4 Å². The van der Waals surface area contributed by atoms with Gasteiger partial charge in [0.05, 0.1) is 23.4 Å². The van der Waals surface area contributed by atoms with Crippen LogP contribution in [0.25, 0.3) is 0 Å². The van der Waals surface area contributed by atoms with E-state index in [1.54, 1.807) is 54.4 Å². The first-order chi connectivity index (χ1) is 15.9. The van der Waals surface area contributed by atoms with Crippen LogP contribution < -0.4 is 15.4 Å². The number of amides is 2. The van der Waals surface area contributed by atoms with E-state index in [2.05, 4.69) is 26.6 Å². The lowest BCUT2D eigenvalue weighted by Crippen LogP contribution is -2.35. The Morgan fingerprint density at radius 2 is 1.70 bits per heavy atom. The first-order valence-corrected chi connectivity index (χ1v) is 11.5. The number of hydrogen-bond acceptors (Lipinski definition) is 4. The standard InChI is InChI=1S/C25H24BrN3O3S/c1-3-32-22-14-13-18(26)15-20(22)23(30)28-25(33)27-21-12-8-7-11-19(21)24(31)29(2)16-17-9-5-4-6-10-17/h4-15H,3,16H2,1-2H3,(H2,27,28,30,33). The van der Waals surface area contributed by atoms with Crippen LogP contribution in [0.5, 0.6) is 5.75 Å². The van der Waals surface area contributed by atoms with Crippen LogP contribution in [0.15, 0.2) is 77.3 Å². The normalized spacial score (nSPS) is 10.3. The molecule has 0 unspecified atom stereocenters. The van der Waals surface area contributed by atoms with E-state index in [9.17, 15) is 9.59 Å². The van der Waals surface area contributed by atoms with Crippen LogP contribution in [-0.4, -0.2) is 35.5 Å². The molecule has 0 fully saturated rings. The van der Waals surface area contributed by atoms with E-state index in [4.69, 9.17) is 17.0 Å². The fourth-order valence-corrected chi connectivity index (χ4v) is 3.76. The predicted molar refractivity (Wildman–Crippen MR) is 138 cm³/mol. The highest BCUT2D eigenvalue weighted by Gasteiger charge is 2.18. The van der Waals surface area contributed by atoms with Gasteiger partial charge in [-0.3, -0.25) is 14.9 Å². The Balaban J connectivity index is 1.72. The van der Waals surface area contributed by atoms with Gasteiger partial charge in [0.15, 0.2) is 5.11 Å². The molecule has 0 atom stereocenters. The average molecular weight is 526 g/mol. The van der Waals surface area contributed by atoms with E-state index in [1.165, 1.54) is 0 Å². The van der Waals surface area contributed by atoms with Crippen molar-refractivity contribution in [1.82, 2.24) is 10.2 Å². The Morgan fingerprint density at radius 3 is 2.42 bits per heavy atom. The highest BCUT2D eigenvalue weighted by atomic mass is 79.9. The maximum absolute atomic E-state index is 13.1. The lowest BCUT2D eigenvalue weighted by atomic mass is 10.1. The van der Waals surface area contributed by atoms with Gasteiger partial charge in [-0.2, -0.15) is 0 Å². The van der Waals surface area contributed by atoms with Crippen molar-refractivity contribution in [2.75, 3.05) is 19.0 Å². The molecule has 0 saturated carbocycles. The fourth-order valence-electron chi connectivity index (χ4n) is 3.20. The third-order valence-corrected chi connectivity index (χ3v) is 5.43. The monoisotopic (exact) mass is 525 g/mol. The first kappa shape index (κ1) is 24.4. The van der Waals surface area contributed by atoms with Crippen LogP contribution in [0.1, 0.15) is 33.2 Å². The molecule has 0 aliphatic rings. The van der Waals surface area contributed by atoms with Crippen LogP contribution in [0.2, 0.25) is 0 Å². The summed E-state index contributed by atoms with van der Waals surface area (Å²) in [5, 5.41) is 5.72. The number of thiocarbonyl (C=S) groups is 1. The molecule has 0 heterocycles. The number of hydrogen-bond donors (Lipinski definition) is 2. The Kier molecular flexibility index (Phi) is 8.57. The summed E-state index contributed by atoms with van der Waals surface area (Å²) < 4.78 is 6.29. The van der Waals surface area contributed by atoms with Crippen molar-refractivity contribution in [1.29, 1.82) is 0 Å². The molecule has 2 N–H and O–H groups in total. The van der Waals surface area contributed by atoms with E-state index >= 15 is 0 Å². The van der Waals surface area contributed by atoms with E-state index < -0.39 is 5.91 Å². The minimum absolute atomic E-state index is 0.0772. The van der Waals surface area contributed by atoms with Crippen LogP contribution in [0.4, 0.5) is 5.69 Å². The molecule has 6 nitrogen and oxygen atoms in total. The number of carbonyl (C=O) groups is 2. The summed E-state index contributed by atoms with van der Waals surface area (Å²) in [4.78, 5) is 27.5. The Bertz CT molecular complexity index is 1150. The van der Waals surface area contributed by atoms with Gasteiger partial charge in [0, 0.05) is 18.1 Å². The largest absolute Gasteiger partial charge is 0.493 e. The number of nitrogens with zero attached hydrogens (tertiary/aromatic N) is 1. The van der Waals surface area contributed by atoms with Crippen LogP contribution in [0.3, 0.4) is 0 Å². The zero-order valence-corrected chi connectivity index (χ0v) is 20.7. The third kappa shape index (κ3) is 6.63. The molecule has 0 radical (unpaired) electrons. The molecule has 0 aromatic heterocycles. The number of benzene rings is 3. The first-order valence-electron chi connectivity index (χ1n) is 10.3. The SMILES string of the molecule is CCOc1ccc(Br)cc1C(=O)NC(=S)Nc1ccccc1C(=O)N(C)Cc1ccccc1. The minimum Gasteiger partial charge on any atom is -0.493 e. The number of anilines is 1. The number of carbonyl (C=O) groups excluding carboxylic acids is 2. The smallest absolute Gasteiger partial charge is 0.261 e. The average Bonchev–Trinajstić information content (AvgIpc) is 2.80. The van der Waals surface area contributed by atoms with Gasteiger partial charge < -0.3 is 15.0 Å². The molecule has 3 aromatic rings. The zero-order valence-electron chi connectivity index (χ0n) is 18.3. The quantitative estimate of drug-likeness (QED) is 0.412.